The number of benzene rings is 1. The highest BCUT2D eigenvalue weighted by Gasteiger charge is 2.13. The third kappa shape index (κ3) is 3.99. The molecule has 112 valence electrons. The first-order valence-corrected chi connectivity index (χ1v) is 7.41. The van der Waals surface area contributed by atoms with Gasteiger partial charge in [0.2, 0.25) is 5.91 Å². The van der Waals surface area contributed by atoms with Crippen LogP contribution in [0.25, 0.3) is 11.3 Å². The molecule has 0 atom stereocenters. The number of oxazole rings is 1. The molecule has 0 aliphatic rings. The van der Waals surface area contributed by atoms with Crippen LogP contribution in [0.2, 0.25) is 10.0 Å². The van der Waals surface area contributed by atoms with Crippen LogP contribution in [-0.2, 0) is 11.2 Å². The standard InChI is InChI=1S/C15H16Cl2N2O2/c1-3-19(2)15(20)7-6-14-18-9-13(21-14)11-5-4-10(16)8-12(11)17/h4-5,8-9H,3,6-7H2,1-2H3. The molecule has 6 heteroatoms. The Bertz CT molecular complexity index is 640. The van der Waals surface area contributed by atoms with Gasteiger partial charge in [-0.2, -0.15) is 0 Å². The molecule has 0 aliphatic heterocycles. The van der Waals surface area contributed by atoms with E-state index in [-0.39, 0.29) is 5.91 Å². The fourth-order valence-electron chi connectivity index (χ4n) is 1.82. The van der Waals surface area contributed by atoms with Gasteiger partial charge in [-0.05, 0) is 25.1 Å². The number of hydrogen-bond acceptors (Lipinski definition) is 3. The highest BCUT2D eigenvalue weighted by molar-refractivity contribution is 6.36. The van der Waals surface area contributed by atoms with Crippen LogP contribution in [0.15, 0.2) is 28.8 Å². The van der Waals surface area contributed by atoms with E-state index in [1.54, 1.807) is 36.3 Å². The molecule has 1 aromatic carbocycles. The van der Waals surface area contributed by atoms with E-state index in [2.05, 4.69) is 4.98 Å². The van der Waals surface area contributed by atoms with Crippen molar-refractivity contribution in [3.8, 4) is 11.3 Å². The zero-order valence-corrected chi connectivity index (χ0v) is 13.4. The summed E-state index contributed by atoms with van der Waals surface area (Å²) in [5.74, 6) is 1.17. The summed E-state index contributed by atoms with van der Waals surface area (Å²) in [4.78, 5) is 17.6. The summed E-state index contributed by atoms with van der Waals surface area (Å²) in [7, 11) is 1.77. The lowest BCUT2D eigenvalue weighted by atomic mass is 10.2. The Morgan fingerprint density at radius 2 is 2.14 bits per heavy atom. The number of rotatable bonds is 5. The van der Waals surface area contributed by atoms with Crippen LogP contribution in [0, 0.1) is 0 Å². The first-order valence-electron chi connectivity index (χ1n) is 6.65. The minimum Gasteiger partial charge on any atom is -0.441 e. The highest BCUT2D eigenvalue weighted by Crippen LogP contribution is 2.30. The molecule has 1 heterocycles. The Morgan fingerprint density at radius 3 is 2.81 bits per heavy atom. The molecular formula is C15H16Cl2N2O2. The molecule has 21 heavy (non-hydrogen) atoms. The van der Waals surface area contributed by atoms with Crippen molar-refractivity contribution in [1.82, 2.24) is 9.88 Å². The van der Waals surface area contributed by atoms with Crippen LogP contribution in [-0.4, -0.2) is 29.4 Å². The van der Waals surface area contributed by atoms with Crippen molar-refractivity contribution < 1.29 is 9.21 Å². The SMILES string of the molecule is CCN(C)C(=O)CCc1ncc(-c2ccc(Cl)cc2Cl)o1. The lowest BCUT2D eigenvalue weighted by molar-refractivity contribution is -0.129. The molecule has 0 radical (unpaired) electrons. The molecule has 0 N–H and O–H groups in total. The van der Waals surface area contributed by atoms with Crippen molar-refractivity contribution in [3.63, 3.8) is 0 Å². The Balaban J connectivity index is 2.06. The van der Waals surface area contributed by atoms with E-state index in [4.69, 9.17) is 27.6 Å². The molecule has 1 amide bonds. The lowest BCUT2D eigenvalue weighted by Gasteiger charge is -2.13. The molecule has 0 spiro atoms. The molecule has 2 rings (SSSR count). The Labute approximate surface area is 133 Å². The van der Waals surface area contributed by atoms with Gasteiger partial charge in [0.05, 0.1) is 11.2 Å². The van der Waals surface area contributed by atoms with Gasteiger partial charge in [-0.15, -0.1) is 0 Å². The van der Waals surface area contributed by atoms with E-state index in [0.717, 1.165) is 5.56 Å². The second-order valence-corrected chi connectivity index (χ2v) is 5.49. The molecule has 0 saturated heterocycles. The number of aromatic nitrogens is 1. The fourth-order valence-corrected chi connectivity index (χ4v) is 2.32. The average Bonchev–Trinajstić information content (AvgIpc) is 2.92. The zero-order valence-electron chi connectivity index (χ0n) is 11.9. The smallest absolute Gasteiger partial charge is 0.222 e. The van der Waals surface area contributed by atoms with Crippen molar-refractivity contribution in [2.75, 3.05) is 13.6 Å². The maximum atomic E-state index is 11.7. The third-order valence-corrected chi connectivity index (χ3v) is 3.75. The van der Waals surface area contributed by atoms with E-state index in [1.807, 2.05) is 6.92 Å². The zero-order chi connectivity index (χ0) is 15.4. The number of hydrogen-bond donors (Lipinski definition) is 0. The topological polar surface area (TPSA) is 46.3 Å². The van der Waals surface area contributed by atoms with Crippen LogP contribution in [0.4, 0.5) is 0 Å². The second kappa shape index (κ2) is 6.96. The maximum absolute atomic E-state index is 11.7. The quantitative estimate of drug-likeness (QED) is 0.832. The largest absolute Gasteiger partial charge is 0.441 e. The van der Waals surface area contributed by atoms with Gasteiger partial charge in [0.15, 0.2) is 11.7 Å². The number of aryl methyl sites for hydroxylation is 1. The number of halogens is 2. The maximum Gasteiger partial charge on any atom is 0.222 e. The third-order valence-electron chi connectivity index (χ3n) is 3.20. The molecule has 0 aliphatic carbocycles. The Hall–Kier alpha value is -1.52. The number of carbonyl (C=O) groups excluding carboxylic acids is 1. The molecular weight excluding hydrogens is 311 g/mol. The lowest BCUT2D eigenvalue weighted by Crippen LogP contribution is -2.26. The second-order valence-electron chi connectivity index (χ2n) is 4.65. The van der Waals surface area contributed by atoms with Crippen molar-refractivity contribution in [3.05, 3.63) is 40.3 Å². The summed E-state index contributed by atoms with van der Waals surface area (Å²) < 4.78 is 5.64. The minimum absolute atomic E-state index is 0.0711. The van der Waals surface area contributed by atoms with Crippen LogP contribution < -0.4 is 0 Å². The molecule has 2 aromatic rings. The van der Waals surface area contributed by atoms with E-state index in [1.165, 1.54) is 0 Å². The van der Waals surface area contributed by atoms with Crippen LogP contribution >= 0.6 is 23.2 Å². The van der Waals surface area contributed by atoms with Gasteiger partial charge in [0.25, 0.3) is 0 Å². The number of nitrogens with zero attached hydrogens (tertiary/aromatic N) is 2. The molecule has 0 saturated carbocycles. The first kappa shape index (κ1) is 15.9. The molecule has 0 fully saturated rings. The van der Waals surface area contributed by atoms with Gasteiger partial charge in [-0.1, -0.05) is 23.2 Å². The van der Waals surface area contributed by atoms with E-state index >= 15 is 0 Å². The van der Waals surface area contributed by atoms with Crippen LogP contribution in [0.1, 0.15) is 19.2 Å². The van der Waals surface area contributed by atoms with E-state index in [0.29, 0.717) is 41.1 Å². The first-order chi connectivity index (χ1) is 10.0. The summed E-state index contributed by atoms with van der Waals surface area (Å²) in [6.45, 7) is 2.62. The van der Waals surface area contributed by atoms with Crippen molar-refractivity contribution in [2.45, 2.75) is 19.8 Å². The van der Waals surface area contributed by atoms with Gasteiger partial charge in [0.1, 0.15) is 0 Å². The predicted octanol–water partition coefficient (Wildman–Crippen LogP) is 4.06. The predicted molar refractivity (Wildman–Crippen MR) is 83.6 cm³/mol. The van der Waals surface area contributed by atoms with Gasteiger partial charge in [-0.3, -0.25) is 4.79 Å². The summed E-state index contributed by atoms with van der Waals surface area (Å²) in [6.07, 6.45) is 2.45. The molecule has 1 aromatic heterocycles. The average molecular weight is 327 g/mol. The molecule has 4 nitrogen and oxygen atoms in total. The van der Waals surface area contributed by atoms with Gasteiger partial charge in [0, 0.05) is 37.0 Å². The van der Waals surface area contributed by atoms with E-state index < -0.39 is 0 Å². The Morgan fingerprint density at radius 1 is 1.38 bits per heavy atom. The van der Waals surface area contributed by atoms with E-state index in [9.17, 15) is 4.79 Å². The summed E-state index contributed by atoms with van der Waals surface area (Å²) in [5, 5.41) is 1.07. The molecule has 0 unspecified atom stereocenters. The highest BCUT2D eigenvalue weighted by atomic mass is 35.5. The Kier molecular flexibility index (Phi) is 5.26. The van der Waals surface area contributed by atoms with Crippen molar-refractivity contribution >= 4 is 29.1 Å². The fraction of sp³-hybridized carbons (Fsp3) is 0.333. The summed E-state index contributed by atoms with van der Waals surface area (Å²) >= 11 is 12.0. The summed E-state index contributed by atoms with van der Waals surface area (Å²) in [5.41, 5.74) is 0.733. The summed E-state index contributed by atoms with van der Waals surface area (Å²) in [6, 6.07) is 5.18. The minimum atomic E-state index is 0.0711. The number of amides is 1. The number of carbonyl (C=O) groups is 1. The van der Waals surface area contributed by atoms with Crippen molar-refractivity contribution in [1.29, 1.82) is 0 Å². The van der Waals surface area contributed by atoms with Crippen LogP contribution in [0.3, 0.4) is 0 Å². The van der Waals surface area contributed by atoms with Gasteiger partial charge >= 0.3 is 0 Å². The van der Waals surface area contributed by atoms with Crippen molar-refractivity contribution in [2.24, 2.45) is 0 Å². The monoisotopic (exact) mass is 326 g/mol. The normalized spacial score (nSPS) is 10.7. The van der Waals surface area contributed by atoms with Gasteiger partial charge in [-0.25, -0.2) is 4.98 Å². The molecule has 0 bridgehead atoms. The van der Waals surface area contributed by atoms with Gasteiger partial charge < -0.3 is 9.32 Å². The van der Waals surface area contributed by atoms with Crippen LogP contribution in [0.5, 0.6) is 0 Å².